The van der Waals surface area contributed by atoms with Crippen molar-refractivity contribution in [2.24, 2.45) is 0 Å². The van der Waals surface area contributed by atoms with Crippen LogP contribution in [-0.4, -0.2) is 60.2 Å². The first-order chi connectivity index (χ1) is 15.1. The van der Waals surface area contributed by atoms with Crippen molar-refractivity contribution in [2.45, 2.75) is 26.4 Å². The van der Waals surface area contributed by atoms with Gasteiger partial charge < -0.3 is 15.0 Å². The Balaban J connectivity index is 1.33. The van der Waals surface area contributed by atoms with Gasteiger partial charge in [0.2, 0.25) is 5.91 Å². The Morgan fingerprint density at radius 3 is 2.45 bits per heavy atom. The predicted molar refractivity (Wildman–Crippen MR) is 127 cm³/mol. The Hall–Kier alpha value is -2.64. The molecule has 0 bridgehead atoms. The van der Waals surface area contributed by atoms with Crippen LogP contribution in [0.3, 0.4) is 0 Å². The molecule has 2 heterocycles. The Kier molecular flexibility index (Phi) is 7.04. The third-order valence-corrected chi connectivity index (χ3v) is 6.08. The Labute approximate surface area is 189 Å². The van der Waals surface area contributed by atoms with Crippen LogP contribution >= 0.6 is 12.2 Å². The second-order valence-corrected chi connectivity index (χ2v) is 8.42. The maximum atomic E-state index is 12.0. The number of carbonyl (C=O) groups excluding carboxylic acids is 1. The van der Waals surface area contributed by atoms with Crippen LogP contribution in [0.2, 0.25) is 0 Å². The molecule has 31 heavy (non-hydrogen) atoms. The maximum absolute atomic E-state index is 12.0. The molecule has 1 N–H and O–H groups in total. The van der Waals surface area contributed by atoms with Crippen LogP contribution in [0.5, 0.6) is 5.75 Å². The highest BCUT2D eigenvalue weighted by molar-refractivity contribution is 7.80. The van der Waals surface area contributed by atoms with E-state index >= 15 is 0 Å². The van der Waals surface area contributed by atoms with Gasteiger partial charge >= 0.3 is 0 Å². The van der Waals surface area contributed by atoms with Gasteiger partial charge in [0.25, 0.3) is 0 Å². The number of nitrogens with zero attached hydrogens (tertiary/aromatic N) is 3. The lowest BCUT2D eigenvalue weighted by molar-refractivity contribution is -0.124. The van der Waals surface area contributed by atoms with Gasteiger partial charge in [-0.05, 0) is 41.9 Å². The minimum atomic E-state index is 0.0368. The number of nitrogens with one attached hydrogen (secondary N) is 1. The summed E-state index contributed by atoms with van der Waals surface area (Å²) >= 11 is 5.24. The number of ether oxygens (including phenoxy) is 1. The van der Waals surface area contributed by atoms with Gasteiger partial charge in [0.05, 0.1) is 25.4 Å². The number of hydrogen-bond donors (Lipinski definition) is 1. The summed E-state index contributed by atoms with van der Waals surface area (Å²) in [5.74, 6) is 1.02. The zero-order valence-electron chi connectivity index (χ0n) is 18.0. The van der Waals surface area contributed by atoms with Gasteiger partial charge in [0, 0.05) is 32.7 Å². The lowest BCUT2D eigenvalue weighted by atomic mass is 10.1. The molecule has 2 aliphatic rings. The smallest absolute Gasteiger partial charge is 0.248 e. The Morgan fingerprint density at radius 1 is 1.00 bits per heavy atom. The molecule has 2 aromatic rings. The van der Waals surface area contributed by atoms with E-state index < -0.39 is 0 Å². The molecule has 0 spiro atoms. The average Bonchev–Trinajstić information content (AvgIpc) is 3.11. The molecule has 0 atom stereocenters. The van der Waals surface area contributed by atoms with E-state index in [1.807, 2.05) is 6.07 Å². The molecule has 0 aliphatic carbocycles. The normalized spacial score (nSPS) is 17.2. The molecular formula is C24H30N4O2S. The first-order valence-electron chi connectivity index (χ1n) is 11.0. The van der Waals surface area contributed by atoms with Crippen LogP contribution < -0.4 is 15.0 Å². The molecule has 164 valence electrons. The predicted octanol–water partition coefficient (Wildman–Crippen LogP) is 3.01. The van der Waals surface area contributed by atoms with Crippen molar-refractivity contribution >= 4 is 28.9 Å². The van der Waals surface area contributed by atoms with Crippen LogP contribution in [0.15, 0.2) is 48.5 Å². The minimum absolute atomic E-state index is 0.0368. The van der Waals surface area contributed by atoms with Crippen molar-refractivity contribution in [3.63, 3.8) is 0 Å². The van der Waals surface area contributed by atoms with Gasteiger partial charge in [-0.3, -0.25) is 14.6 Å². The summed E-state index contributed by atoms with van der Waals surface area (Å²) in [7, 11) is 0. The van der Waals surface area contributed by atoms with Crippen molar-refractivity contribution in [2.75, 3.05) is 44.2 Å². The van der Waals surface area contributed by atoms with Gasteiger partial charge in [0.1, 0.15) is 5.75 Å². The van der Waals surface area contributed by atoms with Crippen LogP contribution in [0.4, 0.5) is 5.69 Å². The second kappa shape index (κ2) is 10.1. The lowest BCUT2D eigenvalue weighted by Crippen LogP contribution is -2.46. The molecule has 2 aliphatic heterocycles. The third-order valence-electron chi connectivity index (χ3n) is 5.72. The number of piperazine rings is 1. The van der Waals surface area contributed by atoms with E-state index in [-0.39, 0.29) is 5.91 Å². The van der Waals surface area contributed by atoms with E-state index in [1.165, 1.54) is 11.3 Å². The van der Waals surface area contributed by atoms with Crippen LogP contribution in [0.1, 0.15) is 24.5 Å². The number of anilines is 1. The highest BCUT2D eigenvalue weighted by atomic mass is 32.1. The Morgan fingerprint density at radius 2 is 1.74 bits per heavy atom. The molecule has 7 heteroatoms. The van der Waals surface area contributed by atoms with Crippen molar-refractivity contribution < 1.29 is 9.53 Å². The fourth-order valence-electron chi connectivity index (χ4n) is 4.08. The molecule has 0 radical (unpaired) electrons. The maximum Gasteiger partial charge on any atom is 0.248 e. The van der Waals surface area contributed by atoms with Gasteiger partial charge in [-0.2, -0.15) is 0 Å². The minimum Gasteiger partial charge on any atom is -0.491 e. The molecule has 0 saturated carbocycles. The van der Waals surface area contributed by atoms with E-state index in [9.17, 15) is 4.79 Å². The number of benzene rings is 2. The molecule has 2 aromatic carbocycles. The standard InChI is InChI=1S/C24H30N4O2S/c1-2-14-30-22-9-4-3-8-21(22)27-12-10-26(11-13-27)17-19-6-5-7-20(15-19)18-28-23(29)16-25-24(28)31/h3-9,15H,2,10-14,16-18H2,1H3,(H,25,31). The third kappa shape index (κ3) is 5.35. The summed E-state index contributed by atoms with van der Waals surface area (Å²) in [5, 5.41) is 3.46. The molecule has 4 rings (SSSR count). The van der Waals surface area contributed by atoms with E-state index in [1.54, 1.807) is 4.90 Å². The molecule has 1 amide bonds. The zero-order valence-corrected chi connectivity index (χ0v) is 18.9. The van der Waals surface area contributed by atoms with Gasteiger partial charge in [-0.15, -0.1) is 0 Å². The number of rotatable bonds is 8. The van der Waals surface area contributed by atoms with Crippen molar-refractivity contribution in [1.29, 1.82) is 0 Å². The molecule has 0 aromatic heterocycles. The monoisotopic (exact) mass is 438 g/mol. The fraction of sp³-hybridized carbons (Fsp3) is 0.417. The number of carbonyl (C=O) groups is 1. The van der Waals surface area contributed by atoms with Crippen LogP contribution in [0, 0.1) is 0 Å². The van der Waals surface area contributed by atoms with Crippen molar-refractivity contribution in [1.82, 2.24) is 15.1 Å². The van der Waals surface area contributed by atoms with Gasteiger partial charge in [0.15, 0.2) is 5.11 Å². The molecule has 6 nitrogen and oxygen atoms in total. The number of hydrogen-bond acceptors (Lipinski definition) is 5. The molecular weight excluding hydrogens is 408 g/mol. The number of thiocarbonyl (C=S) groups is 1. The zero-order chi connectivity index (χ0) is 21.6. The largest absolute Gasteiger partial charge is 0.491 e. The second-order valence-electron chi connectivity index (χ2n) is 8.04. The molecule has 0 unspecified atom stereocenters. The SMILES string of the molecule is CCCOc1ccccc1N1CCN(Cc2cccc(CN3C(=O)CNC3=S)c2)CC1. The topological polar surface area (TPSA) is 48.1 Å². The highest BCUT2D eigenvalue weighted by Gasteiger charge is 2.25. The summed E-state index contributed by atoms with van der Waals surface area (Å²) in [6.07, 6.45) is 1.01. The number of para-hydroxylation sites is 2. The van der Waals surface area contributed by atoms with Crippen molar-refractivity contribution in [3.8, 4) is 5.75 Å². The Bertz CT molecular complexity index is 911. The van der Waals surface area contributed by atoms with E-state index in [2.05, 4.69) is 64.5 Å². The first-order valence-corrected chi connectivity index (χ1v) is 11.4. The lowest BCUT2D eigenvalue weighted by Gasteiger charge is -2.36. The van der Waals surface area contributed by atoms with Crippen molar-refractivity contribution in [3.05, 3.63) is 59.7 Å². The fourth-order valence-corrected chi connectivity index (χ4v) is 4.32. The van der Waals surface area contributed by atoms with Gasteiger partial charge in [-0.1, -0.05) is 43.3 Å². The van der Waals surface area contributed by atoms with E-state index in [4.69, 9.17) is 17.0 Å². The van der Waals surface area contributed by atoms with Gasteiger partial charge in [-0.25, -0.2) is 0 Å². The van der Waals surface area contributed by atoms with Crippen LogP contribution in [-0.2, 0) is 17.9 Å². The summed E-state index contributed by atoms with van der Waals surface area (Å²) in [5.41, 5.74) is 3.57. The quantitative estimate of drug-likeness (QED) is 0.640. The summed E-state index contributed by atoms with van der Waals surface area (Å²) in [4.78, 5) is 18.5. The average molecular weight is 439 g/mol. The van der Waals surface area contributed by atoms with Crippen LogP contribution in [0.25, 0.3) is 0 Å². The summed E-state index contributed by atoms with van der Waals surface area (Å²) in [6.45, 7) is 8.59. The van der Waals surface area contributed by atoms with E-state index in [0.29, 0.717) is 18.2 Å². The number of amides is 1. The van der Waals surface area contributed by atoms with E-state index in [0.717, 1.165) is 57.1 Å². The first kappa shape index (κ1) is 21.6. The summed E-state index contributed by atoms with van der Waals surface area (Å²) < 4.78 is 5.95. The molecule has 2 fully saturated rings. The molecule has 2 saturated heterocycles. The highest BCUT2D eigenvalue weighted by Crippen LogP contribution is 2.29. The summed E-state index contributed by atoms with van der Waals surface area (Å²) in [6, 6.07) is 16.8.